The molecule has 0 atom stereocenters. The summed E-state index contributed by atoms with van der Waals surface area (Å²) in [5, 5.41) is -3.61. The van der Waals surface area contributed by atoms with Crippen molar-refractivity contribution in [2.45, 2.75) is 36.0 Å². The van der Waals surface area contributed by atoms with Gasteiger partial charge >= 0.3 is 36.0 Å². The van der Waals surface area contributed by atoms with Crippen molar-refractivity contribution in [1.29, 1.82) is 0 Å². The molecule has 1 heterocycles. The Bertz CT molecular complexity index is 537. The highest BCUT2D eigenvalue weighted by Gasteiger charge is 2.87. The lowest BCUT2D eigenvalue weighted by Crippen LogP contribution is -2.69. The van der Waals surface area contributed by atoms with Crippen molar-refractivity contribution in [2.75, 3.05) is 0 Å². The number of hydrogen-bond acceptors (Lipinski definition) is 1. The second-order valence-electron chi connectivity index (χ2n) is 4.28. The van der Waals surface area contributed by atoms with Crippen molar-refractivity contribution >= 4 is 0 Å². The minimum Gasteiger partial charge on any atom is -0.218 e. The van der Waals surface area contributed by atoms with Crippen LogP contribution in [0.25, 0.3) is 0 Å². The quantitative estimate of drug-likeness (QED) is 0.341. The summed E-state index contributed by atoms with van der Waals surface area (Å²) in [6.07, 6.45) is -15.2. The average Bonchev–Trinajstić information content (AvgIpc) is 2.32. The lowest BCUT2D eigenvalue weighted by molar-refractivity contribution is -0.417. The fraction of sp³-hybridized carbons (Fsp3) is 0.750. The Kier molecular flexibility index (Phi) is 4.18. The maximum Gasteiger partial charge on any atom is 0.435 e. The molecule has 16 heteroatoms. The summed E-state index contributed by atoms with van der Waals surface area (Å²) in [6.45, 7) is 0. The minimum atomic E-state index is -7.65. The Balaban J connectivity index is 4.04. The molecule has 0 fully saturated rings. The van der Waals surface area contributed by atoms with Crippen LogP contribution < -0.4 is 0 Å². The van der Waals surface area contributed by atoms with Crippen LogP contribution in [0.5, 0.6) is 0 Å². The lowest BCUT2D eigenvalue weighted by atomic mass is 9.84. The van der Waals surface area contributed by atoms with Crippen molar-refractivity contribution in [3.8, 4) is 0 Å². The molecule has 142 valence electrons. The lowest BCUT2D eigenvalue weighted by Gasteiger charge is -2.44. The van der Waals surface area contributed by atoms with Gasteiger partial charge in [0.05, 0.1) is 0 Å². The normalized spacial score (nSPS) is 25.1. The van der Waals surface area contributed by atoms with Gasteiger partial charge in [-0.1, -0.05) is 0 Å². The monoisotopic (exact) mass is 395 g/mol. The van der Waals surface area contributed by atoms with E-state index in [1.165, 1.54) is 0 Å². The zero-order chi connectivity index (χ0) is 19.7. The van der Waals surface area contributed by atoms with Gasteiger partial charge in [0.25, 0.3) is 0 Å². The molecule has 0 aromatic rings. The van der Waals surface area contributed by atoms with Gasteiger partial charge in [0.1, 0.15) is 5.57 Å². The van der Waals surface area contributed by atoms with E-state index in [1.54, 1.807) is 0 Å². The first-order chi connectivity index (χ1) is 10.2. The molecule has 1 rings (SSSR count). The Labute approximate surface area is 120 Å². The molecule has 0 amide bonds. The van der Waals surface area contributed by atoms with Crippen molar-refractivity contribution in [2.24, 2.45) is 0 Å². The summed E-state index contributed by atoms with van der Waals surface area (Å²) in [5.74, 6) is -12.0. The van der Waals surface area contributed by atoms with Crippen LogP contribution in [0.2, 0.25) is 0 Å². The highest BCUT2D eigenvalue weighted by molar-refractivity contribution is 5.39. The Morgan fingerprint density at radius 2 is 1.04 bits per heavy atom. The van der Waals surface area contributed by atoms with Gasteiger partial charge in [0, 0.05) is 0 Å². The van der Waals surface area contributed by atoms with E-state index < -0.39 is 52.6 Å². The van der Waals surface area contributed by atoms with Gasteiger partial charge in [0.15, 0.2) is 5.83 Å². The van der Waals surface area contributed by atoms with Crippen LogP contribution in [0.3, 0.4) is 0 Å². The summed E-state index contributed by atoms with van der Waals surface area (Å²) in [7, 11) is 0. The first kappa shape index (κ1) is 20.7. The zero-order valence-corrected chi connectivity index (χ0v) is 10.1. The van der Waals surface area contributed by atoms with E-state index in [1.807, 2.05) is 0 Å². The predicted molar refractivity (Wildman–Crippen MR) is 41.9 cm³/mol. The second kappa shape index (κ2) is 4.85. The second-order valence-corrected chi connectivity index (χ2v) is 4.28. The first-order valence-electron chi connectivity index (χ1n) is 5.01. The third-order valence-corrected chi connectivity index (χ3v) is 2.79. The maximum absolute atomic E-state index is 13.4. The highest BCUT2D eigenvalue weighted by atomic mass is 19.4. The van der Waals surface area contributed by atoms with Gasteiger partial charge in [-0.15, -0.1) is 4.48 Å². The van der Waals surface area contributed by atoms with Crippen molar-refractivity contribution in [1.82, 2.24) is 5.12 Å². The number of rotatable bonds is 1. The van der Waals surface area contributed by atoms with Crippen LogP contribution in [0.15, 0.2) is 11.4 Å². The molecule has 0 radical (unpaired) electrons. The van der Waals surface area contributed by atoms with E-state index >= 15 is 0 Å². The topological polar surface area (TPSA) is 3.24 Å². The van der Waals surface area contributed by atoms with E-state index in [9.17, 15) is 65.9 Å². The van der Waals surface area contributed by atoms with E-state index in [0.717, 1.165) is 0 Å². The maximum atomic E-state index is 13.4. The van der Waals surface area contributed by atoms with Crippen molar-refractivity contribution < 1.29 is 65.9 Å². The Hall–Kier alpha value is -1.35. The summed E-state index contributed by atoms with van der Waals surface area (Å²) >= 11 is 0. The molecule has 0 aromatic heterocycles. The highest BCUT2D eigenvalue weighted by Crippen LogP contribution is 2.63. The zero-order valence-electron chi connectivity index (χ0n) is 10.1. The van der Waals surface area contributed by atoms with Crippen molar-refractivity contribution in [3.63, 3.8) is 0 Å². The summed E-state index contributed by atoms with van der Waals surface area (Å²) in [4.78, 5) is 0. The van der Waals surface area contributed by atoms with Crippen LogP contribution in [-0.4, -0.2) is 41.2 Å². The molecule has 1 aliphatic rings. The molecule has 24 heavy (non-hydrogen) atoms. The standard InChI is InChI=1S/C8F15N/c9-2-1(3(10,6(15,16)17)7(18,19)20)4(11,12)8(21,22)24(23)5(2,13)14. The SMILES string of the molecule is FC1=C(C(F)(C(F)(F)F)C(F)(F)F)C(F)(F)C(F)(F)N(F)C1(F)F. The molecule has 1 aliphatic heterocycles. The van der Waals surface area contributed by atoms with Gasteiger partial charge in [-0.2, -0.15) is 52.7 Å². The number of hydrogen-bond donors (Lipinski definition) is 0. The Morgan fingerprint density at radius 3 is 1.33 bits per heavy atom. The first-order valence-corrected chi connectivity index (χ1v) is 5.01. The Morgan fingerprint density at radius 1 is 0.708 bits per heavy atom. The smallest absolute Gasteiger partial charge is 0.218 e. The summed E-state index contributed by atoms with van der Waals surface area (Å²) < 4.78 is 190. The van der Waals surface area contributed by atoms with E-state index in [0.29, 0.717) is 0 Å². The average molecular weight is 395 g/mol. The molecule has 0 bridgehead atoms. The van der Waals surface area contributed by atoms with Crippen LogP contribution in [0, 0.1) is 0 Å². The van der Waals surface area contributed by atoms with Crippen LogP contribution in [0.1, 0.15) is 0 Å². The van der Waals surface area contributed by atoms with Gasteiger partial charge < -0.3 is 0 Å². The third-order valence-electron chi connectivity index (χ3n) is 2.79. The van der Waals surface area contributed by atoms with Crippen LogP contribution in [0.4, 0.5) is 65.9 Å². The van der Waals surface area contributed by atoms with Gasteiger partial charge in [0.2, 0.25) is 0 Å². The molecule has 0 aromatic carbocycles. The van der Waals surface area contributed by atoms with Crippen molar-refractivity contribution in [3.05, 3.63) is 11.4 Å². The molecule has 0 unspecified atom stereocenters. The number of alkyl halides is 13. The van der Waals surface area contributed by atoms with Gasteiger partial charge in [-0.25, -0.2) is 8.78 Å². The van der Waals surface area contributed by atoms with Crippen LogP contribution >= 0.6 is 0 Å². The summed E-state index contributed by atoms with van der Waals surface area (Å²) in [6, 6.07) is -13.9. The van der Waals surface area contributed by atoms with E-state index in [2.05, 4.69) is 0 Å². The van der Waals surface area contributed by atoms with Gasteiger partial charge in [-0.05, 0) is 5.12 Å². The minimum absolute atomic E-state index is 3.61. The fourth-order valence-corrected chi connectivity index (χ4v) is 1.64. The summed E-state index contributed by atoms with van der Waals surface area (Å²) in [5.41, 5.74) is -12.6. The van der Waals surface area contributed by atoms with E-state index in [-0.39, 0.29) is 0 Å². The largest absolute Gasteiger partial charge is 0.435 e. The van der Waals surface area contributed by atoms with Crippen LogP contribution in [-0.2, 0) is 0 Å². The molecule has 1 nitrogen and oxygen atoms in total. The predicted octanol–water partition coefficient (Wildman–Crippen LogP) is 5.06. The molecular weight excluding hydrogens is 395 g/mol. The number of nitrogens with zero attached hydrogens (tertiary/aromatic N) is 1. The number of halogens is 15. The molecule has 0 N–H and O–H groups in total. The van der Waals surface area contributed by atoms with E-state index in [4.69, 9.17) is 0 Å². The fourth-order valence-electron chi connectivity index (χ4n) is 1.64. The molecule has 0 aliphatic carbocycles. The van der Waals surface area contributed by atoms with Gasteiger partial charge in [-0.3, -0.25) is 0 Å². The molecule has 0 saturated heterocycles. The third kappa shape index (κ3) is 2.24. The molecule has 0 saturated carbocycles. The molecular formula is C8F15N. The molecule has 0 spiro atoms.